The fourth-order valence-corrected chi connectivity index (χ4v) is 2.66. The second-order valence-corrected chi connectivity index (χ2v) is 5.23. The first-order valence-electron chi connectivity index (χ1n) is 7.24. The summed E-state index contributed by atoms with van der Waals surface area (Å²) in [5, 5.41) is 16.2. The van der Waals surface area contributed by atoms with Gasteiger partial charge in [0.25, 0.3) is 0 Å². The van der Waals surface area contributed by atoms with Gasteiger partial charge in [0.15, 0.2) is 0 Å². The van der Waals surface area contributed by atoms with Gasteiger partial charge in [0.1, 0.15) is 0 Å². The summed E-state index contributed by atoms with van der Waals surface area (Å²) >= 11 is 0. The predicted molar refractivity (Wildman–Crippen MR) is 83.0 cm³/mol. The van der Waals surface area contributed by atoms with E-state index in [4.69, 9.17) is 0 Å². The number of para-hydroxylation sites is 1. The van der Waals surface area contributed by atoms with Gasteiger partial charge in [0, 0.05) is 30.2 Å². The number of fused-ring (bicyclic) bond motifs is 1. The number of aromatic nitrogens is 3. The fraction of sp³-hybridized carbons (Fsp3) is 0.294. The number of aliphatic hydroxyl groups is 1. The molecule has 1 aromatic carbocycles. The minimum Gasteiger partial charge on any atom is -0.388 e. The maximum atomic E-state index is 10.5. The minimum absolute atomic E-state index is 0.511. The quantitative estimate of drug-likeness (QED) is 0.799. The summed E-state index contributed by atoms with van der Waals surface area (Å²) in [4.78, 5) is 4.17. The molecule has 0 aliphatic heterocycles. The maximum Gasteiger partial charge on any atom is 0.0847 e. The molecule has 108 valence electrons. The Balaban J connectivity index is 1.94. The number of aliphatic hydroxyl groups excluding tert-OH is 1. The molecule has 1 atom stereocenters. The van der Waals surface area contributed by atoms with Crippen LogP contribution in [0.25, 0.3) is 10.9 Å². The summed E-state index contributed by atoms with van der Waals surface area (Å²) in [6, 6.07) is 11.9. The molecule has 0 amide bonds. The van der Waals surface area contributed by atoms with E-state index in [1.165, 1.54) is 0 Å². The highest BCUT2D eigenvalue weighted by atomic mass is 16.3. The van der Waals surface area contributed by atoms with Crippen molar-refractivity contribution in [1.29, 1.82) is 0 Å². The van der Waals surface area contributed by atoms with Crippen LogP contribution in [0, 0.1) is 6.92 Å². The zero-order chi connectivity index (χ0) is 14.8. The van der Waals surface area contributed by atoms with Crippen LogP contribution >= 0.6 is 0 Å². The molecule has 21 heavy (non-hydrogen) atoms. The molecule has 0 aliphatic rings. The van der Waals surface area contributed by atoms with Gasteiger partial charge in [0.05, 0.1) is 17.3 Å². The summed E-state index contributed by atoms with van der Waals surface area (Å²) in [5.74, 6) is 0. The van der Waals surface area contributed by atoms with Crippen molar-refractivity contribution >= 4 is 10.9 Å². The van der Waals surface area contributed by atoms with Gasteiger partial charge in [-0.3, -0.25) is 9.67 Å². The molecule has 0 radical (unpaired) electrons. The second kappa shape index (κ2) is 5.66. The molecular formula is C17H19N3O. The summed E-state index contributed by atoms with van der Waals surface area (Å²) in [5.41, 5.74) is 3.86. The van der Waals surface area contributed by atoms with Crippen molar-refractivity contribution in [2.24, 2.45) is 0 Å². The molecule has 1 N–H and O–H groups in total. The minimum atomic E-state index is -0.560. The highest BCUT2D eigenvalue weighted by Crippen LogP contribution is 2.24. The Bertz CT molecular complexity index is 764. The highest BCUT2D eigenvalue weighted by Gasteiger charge is 2.15. The van der Waals surface area contributed by atoms with E-state index in [-0.39, 0.29) is 0 Å². The number of hydrogen-bond donors (Lipinski definition) is 1. The average Bonchev–Trinajstić information content (AvgIpc) is 2.85. The average molecular weight is 281 g/mol. The Morgan fingerprint density at radius 2 is 2.05 bits per heavy atom. The number of nitrogens with zero attached hydrogens (tertiary/aromatic N) is 3. The third-order valence-corrected chi connectivity index (χ3v) is 3.73. The van der Waals surface area contributed by atoms with Crippen LogP contribution in [-0.4, -0.2) is 19.9 Å². The van der Waals surface area contributed by atoms with Crippen molar-refractivity contribution < 1.29 is 5.11 Å². The molecule has 3 aromatic rings. The molecule has 0 aliphatic carbocycles. The second-order valence-electron chi connectivity index (χ2n) is 5.23. The molecule has 0 saturated carbocycles. The molecule has 0 fully saturated rings. The fourth-order valence-electron chi connectivity index (χ4n) is 2.66. The summed E-state index contributed by atoms with van der Waals surface area (Å²) < 4.78 is 1.98. The van der Waals surface area contributed by atoms with Crippen LogP contribution in [0.15, 0.2) is 42.6 Å². The number of pyridine rings is 1. The Morgan fingerprint density at radius 3 is 2.81 bits per heavy atom. The summed E-state index contributed by atoms with van der Waals surface area (Å²) in [6.45, 7) is 4.83. The molecule has 0 saturated heterocycles. The first-order valence-corrected chi connectivity index (χ1v) is 7.24. The molecule has 1 unspecified atom stereocenters. The number of rotatable bonds is 4. The molecule has 0 bridgehead atoms. The Labute approximate surface area is 124 Å². The zero-order valence-corrected chi connectivity index (χ0v) is 12.3. The van der Waals surface area contributed by atoms with Crippen LogP contribution in [0.2, 0.25) is 0 Å². The van der Waals surface area contributed by atoms with Gasteiger partial charge >= 0.3 is 0 Å². The van der Waals surface area contributed by atoms with E-state index in [0.29, 0.717) is 6.42 Å². The van der Waals surface area contributed by atoms with Crippen molar-refractivity contribution in [3.05, 3.63) is 59.5 Å². The lowest BCUT2D eigenvalue weighted by molar-refractivity contribution is 0.177. The monoisotopic (exact) mass is 281 g/mol. The molecular weight excluding hydrogens is 262 g/mol. The maximum absolute atomic E-state index is 10.5. The van der Waals surface area contributed by atoms with Crippen molar-refractivity contribution in [3.8, 4) is 0 Å². The van der Waals surface area contributed by atoms with Crippen LogP contribution < -0.4 is 0 Å². The molecule has 0 spiro atoms. The van der Waals surface area contributed by atoms with Gasteiger partial charge < -0.3 is 5.11 Å². The zero-order valence-electron chi connectivity index (χ0n) is 12.3. The van der Waals surface area contributed by atoms with Crippen molar-refractivity contribution in [2.75, 3.05) is 0 Å². The first kappa shape index (κ1) is 13.8. The Kier molecular flexibility index (Phi) is 3.71. The van der Waals surface area contributed by atoms with Crippen LogP contribution in [-0.2, 0) is 13.0 Å². The number of hydrogen-bond acceptors (Lipinski definition) is 3. The standard InChI is InChI=1S/C17H19N3O/c1-3-20-16-7-5-4-6-14(16)15(19-20)11-17(21)13-8-9-18-12(2)10-13/h4-10,17,21H,3,11H2,1-2H3. The lowest BCUT2D eigenvalue weighted by atomic mass is 10.0. The topological polar surface area (TPSA) is 50.9 Å². The van der Waals surface area contributed by atoms with Gasteiger partial charge in [-0.2, -0.15) is 5.10 Å². The van der Waals surface area contributed by atoms with E-state index in [2.05, 4.69) is 29.1 Å². The van der Waals surface area contributed by atoms with E-state index in [0.717, 1.165) is 34.4 Å². The molecule has 4 nitrogen and oxygen atoms in total. The summed E-state index contributed by atoms with van der Waals surface area (Å²) in [6.07, 6.45) is 1.68. The number of benzene rings is 1. The highest BCUT2D eigenvalue weighted by molar-refractivity contribution is 5.82. The van der Waals surface area contributed by atoms with E-state index >= 15 is 0 Å². The van der Waals surface area contributed by atoms with Gasteiger partial charge in [-0.1, -0.05) is 18.2 Å². The van der Waals surface area contributed by atoms with Crippen molar-refractivity contribution in [3.63, 3.8) is 0 Å². The smallest absolute Gasteiger partial charge is 0.0847 e. The van der Waals surface area contributed by atoms with Gasteiger partial charge in [0.2, 0.25) is 0 Å². The van der Waals surface area contributed by atoms with Crippen molar-refractivity contribution in [1.82, 2.24) is 14.8 Å². The molecule has 2 aromatic heterocycles. The molecule has 4 heteroatoms. The van der Waals surface area contributed by atoms with E-state index < -0.39 is 6.10 Å². The van der Waals surface area contributed by atoms with Crippen LogP contribution in [0.1, 0.15) is 30.0 Å². The summed E-state index contributed by atoms with van der Waals surface area (Å²) in [7, 11) is 0. The number of aryl methyl sites for hydroxylation is 2. The van der Waals surface area contributed by atoms with E-state index in [1.807, 2.05) is 35.9 Å². The normalized spacial score (nSPS) is 12.7. The SMILES string of the molecule is CCn1nc(CC(O)c2ccnc(C)c2)c2ccccc21. The van der Waals surface area contributed by atoms with Crippen molar-refractivity contribution in [2.45, 2.75) is 32.9 Å². The molecule has 3 rings (SSSR count). The van der Waals surface area contributed by atoms with Crippen LogP contribution in [0.3, 0.4) is 0 Å². The largest absolute Gasteiger partial charge is 0.388 e. The van der Waals surface area contributed by atoms with Gasteiger partial charge in [-0.15, -0.1) is 0 Å². The Hall–Kier alpha value is -2.20. The first-order chi connectivity index (χ1) is 10.2. The lowest BCUT2D eigenvalue weighted by Gasteiger charge is -2.10. The Morgan fingerprint density at radius 1 is 1.24 bits per heavy atom. The van der Waals surface area contributed by atoms with Crippen LogP contribution in [0.5, 0.6) is 0 Å². The molecule has 2 heterocycles. The van der Waals surface area contributed by atoms with Crippen LogP contribution in [0.4, 0.5) is 0 Å². The van der Waals surface area contributed by atoms with Gasteiger partial charge in [-0.25, -0.2) is 0 Å². The van der Waals surface area contributed by atoms with E-state index in [9.17, 15) is 5.11 Å². The lowest BCUT2D eigenvalue weighted by Crippen LogP contribution is -2.04. The van der Waals surface area contributed by atoms with E-state index in [1.54, 1.807) is 6.20 Å². The van der Waals surface area contributed by atoms with Gasteiger partial charge in [-0.05, 0) is 37.6 Å². The predicted octanol–water partition coefficient (Wildman–Crippen LogP) is 3.04. The third kappa shape index (κ3) is 2.67. The third-order valence-electron chi connectivity index (χ3n) is 3.73.